The van der Waals surface area contributed by atoms with Gasteiger partial charge >= 0.3 is 11.9 Å². The molecular formula is C11H10O5. The van der Waals surface area contributed by atoms with Gasteiger partial charge in [-0.15, -0.1) is 0 Å². The van der Waals surface area contributed by atoms with E-state index in [9.17, 15) is 14.7 Å². The van der Waals surface area contributed by atoms with E-state index in [4.69, 9.17) is 4.74 Å². The van der Waals surface area contributed by atoms with Crippen molar-refractivity contribution in [2.45, 2.75) is 12.5 Å². The number of hydrogen-bond donors (Lipinski definition) is 1. The molecule has 1 heterocycles. The highest BCUT2D eigenvalue weighted by molar-refractivity contribution is 5.97. The lowest BCUT2D eigenvalue weighted by atomic mass is 10.0. The predicted molar refractivity (Wildman–Crippen MR) is 52.9 cm³/mol. The van der Waals surface area contributed by atoms with E-state index in [0.29, 0.717) is 5.56 Å². The smallest absolute Gasteiger partial charge is 0.342 e. The molecule has 0 aliphatic carbocycles. The standard InChI is InChI=1S/C11H10O5/c1-15-9(13)5-8-6-3-2-4-7(12)10(6)11(14)16-8/h2-4,8,12H,5H2,1H3. The summed E-state index contributed by atoms with van der Waals surface area (Å²) in [4.78, 5) is 22.5. The summed E-state index contributed by atoms with van der Waals surface area (Å²) < 4.78 is 9.49. The van der Waals surface area contributed by atoms with Crippen LogP contribution >= 0.6 is 0 Å². The molecule has 0 saturated heterocycles. The highest BCUT2D eigenvalue weighted by Gasteiger charge is 2.34. The monoisotopic (exact) mass is 222 g/mol. The molecule has 1 N–H and O–H groups in total. The number of hydrogen-bond acceptors (Lipinski definition) is 5. The maximum absolute atomic E-state index is 11.4. The zero-order valence-electron chi connectivity index (χ0n) is 8.60. The number of phenolic OH excluding ortho intramolecular Hbond substituents is 1. The molecule has 0 aromatic heterocycles. The van der Waals surface area contributed by atoms with Crippen LogP contribution in [0.15, 0.2) is 18.2 Å². The highest BCUT2D eigenvalue weighted by atomic mass is 16.6. The maximum atomic E-state index is 11.4. The lowest BCUT2D eigenvalue weighted by Crippen LogP contribution is -2.08. The molecule has 84 valence electrons. The Bertz CT molecular complexity index is 452. The molecule has 1 aliphatic rings. The van der Waals surface area contributed by atoms with Crippen LogP contribution in [0.25, 0.3) is 0 Å². The van der Waals surface area contributed by atoms with Gasteiger partial charge in [0, 0.05) is 5.56 Å². The Hall–Kier alpha value is -2.04. The number of aromatic hydroxyl groups is 1. The SMILES string of the molecule is COC(=O)CC1OC(=O)c2c(O)cccc21. The minimum Gasteiger partial charge on any atom is -0.507 e. The number of rotatable bonds is 2. The molecule has 0 bridgehead atoms. The van der Waals surface area contributed by atoms with Gasteiger partial charge in [0.15, 0.2) is 0 Å². The van der Waals surface area contributed by atoms with Crippen LogP contribution in [0.3, 0.4) is 0 Å². The summed E-state index contributed by atoms with van der Waals surface area (Å²) in [6.45, 7) is 0. The van der Waals surface area contributed by atoms with Crippen molar-refractivity contribution in [3.05, 3.63) is 29.3 Å². The molecule has 1 aliphatic heterocycles. The molecule has 5 heteroatoms. The van der Waals surface area contributed by atoms with Crippen molar-refractivity contribution in [2.75, 3.05) is 7.11 Å². The molecule has 1 unspecified atom stereocenters. The van der Waals surface area contributed by atoms with E-state index in [0.717, 1.165) is 0 Å². The topological polar surface area (TPSA) is 72.8 Å². The largest absolute Gasteiger partial charge is 0.507 e. The van der Waals surface area contributed by atoms with Crippen LogP contribution < -0.4 is 0 Å². The van der Waals surface area contributed by atoms with E-state index in [1.165, 1.54) is 13.2 Å². The van der Waals surface area contributed by atoms with E-state index in [-0.39, 0.29) is 17.7 Å². The van der Waals surface area contributed by atoms with Gasteiger partial charge in [0.2, 0.25) is 0 Å². The van der Waals surface area contributed by atoms with Crippen molar-refractivity contribution < 1.29 is 24.2 Å². The van der Waals surface area contributed by atoms with Gasteiger partial charge in [-0.25, -0.2) is 4.79 Å². The molecule has 1 atom stereocenters. The fraction of sp³-hybridized carbons (Fsp3) is 0.273. The van der Waals surface area contributed by atoms with Gasteiger partial charge in [0.1, 0.15) is 17.4 Å². The van der Waals surface area contributed by atoms with Crippen molar-refractivity contribution in [3.63, 3.8) is 0 Å². The summed E-state index contributed by atoms with van der Waals surface area (Å²) in [5.74, 6) is -1.20. The first kappa shape index (κ1) is 10.5. The molecule has 5 nitrogen and oxygen atoms in total. The Labute approximate surface area is 91.6 Å². The Morgan fingerprint density at radius 1 is 1.56 bits per heavy atom. The molecule has 0 fully saturated rings. The highest BCUT2D eigenvalue weighted by Crippen LogP contribution is 2.37. The molecule has 0 spiro atoms. The van der Waals surface area contributed by atoms with Gasteiger partial charge in [0.25, 0.3) is 0 Å². The minimum atomic E-state index is -0.665. The summed E-state index contributed by atoms with van der Waals surface area (Å²) in [5, 5.41) is 9.49. The zero-order valence-corrected chi connectivity index (χ0v) is 8.60. The number of fused-ring (bicyclic) bond motifs is 1. The van der Waals surface area contributed by atoms with E-state index in [1.807, 2.05) is 0 Å². The molecule has 1 aromatic rings. The van der Waals surface area contributed by atoms with E-state index in [1.54, 1.807) is 12.1 Å². The second-order valence-corrected chi connectivity index (χ2v) is 3.42. The van der Waals surface area contributed by atoms with E-state index >= 15 is 0 Å². The Kier molecular flexibility index (Phi) is 2.52. The zero-order chi connectivity index (χ0) is 11.7. The average molecular weight is 222 g/mol. The fourth-order valence-corrected chi connectivity index (χ4v) is 1.69. The lowest BCUT2D eigenvalue weighted by molar-refractivity contribution is -0.142. The summed E-state index contributed by atoms with van der Waals surface area (Å²) >= 11 is 0. The lowest BCUT2D eigenvalue weighted by Gasteiger charge is -2.08. The molecule has 1 aromatic carbocycles. The summed E-state index contributed by atoms with van der Waals surface area (Å²) in [6, 6.07) is 4.65. The van der Waals surface area contributed by atoms with Crippen LogP contribution in [0.1, 0.15) is 28.4 Å². The van der Waals surface area contributed by atoms with Gasteiger partial charge in [-0.3, -0.25) is 4.79 Å². The van der Waals surface area contributed by atoms with E-state index < -0.39 is 18.0 Å². The van der Waals surface area contributed by atoms with Crippen LogP contribution in [-0.2, 0) is 14.3 Å². The number of carbonyl (C=O) groups is 2. The summed E-state index contributed by atoms with van der Waals surface area (Å²) in [5.41, 5.74) is 0.659. The molecule has 0 amide bonds. The molecule has 16 heavy (non-hydrogen) atoms. The van der Waals surface area contributed by atoms with Crippen LogP contribution in [0, 0.1) is 0 Å². The van der Waals surface area contributed by atoms with Gasteiger partial charge < -0.3 is 14.6 Å². The van der Waals surface area contributed by atoms with Crippen LogP contribution in [-0.4, -0.2) is 24.2 Å². The van der Waals surface area contributed by atoms with Crippen LogP contribution in [0.5, 0.6) is 5.75 Å². The minimum absolute atomic E-state index is 0.0430. The molecule has 0 saturated carbocycles. The maximum Gasteiger partial charge on any atom is 0.342 e. The van der Waals surface area contributed by atoms with Gasteiger partial charge in [-0.05, 0) is 6.07 Å². The van der Waals surface area contributed by atoms with Crippen molar-refractivity contribution in [1.29, 1.82) is 0 Å². The molecule has 0 radical (unpaired) electrons. The number of carbonyl (C=O) groups excluding carboxylic acids is 2. The second-order valence-electron chi connectivity index (χ2n) is 3.42. The van der Waals surface area contributed by atoms with Gasteiger partial charge in [-0.1, -0.05) is 12.1 Å². The van der Waals surface area contributed by atoms with Gasteiger partial charge in [-0.2, -0.15) is 0 Å². The van der Waals surface area contributed by atoms with E-state index in [2.05, 4.69) is 4.74 Å². The third-order valence-corrected chi connectivity index (χ3v) is 2.45. The number of methoxy groups -OCH3 is 1. The molecular weight excluding hydrogens is 212 g/mol. The number of esters is 2. The quantitative estimate of drug-likeness (QED) is 0.760. The van der Waals surface area contributed by atoms with Crippen LogP contribution in [0.2, 0.25) is 0 Å². The number of benzene rings is 1. The van der Waals surface area contributed by atoms with Crippen molar-refractivity contribution >= 4 is 11.9 Å². The van der Waals surface area contributed by atoms with Crippen molar-refractivity contribution in [1.82, 2.24) is 0 Å². The number of ether oxygens (including phenoxy) is 2. The first-order valence-corrected chi connectivity index (χ1v) is 4.73. The van der Waals surface area contributed by atoms with Crippen LogP contribution in [0.4, 0.5) is 0 Å². The number of phenols is 1. The van der Waals surface area contributed by atoms with Crippen molar-refractivity contribution in [2.24, 2.45) is 0 Å². The van der Waals surface area contributed by atoms with Gasteiger partial charge in [0.05, 0.1) is 13.5 Å². The predicted octanol–water partition coefficient (Wildman–Crippen LogP) is 1.17. The number of cyclic esters (lactones) is 1. The molecule has 2 rings (SSSR count). The first-order chi connectivity index (χ1) is 7.63. The van der Waals surface area contributed by atoms with Crippen molar-refractivity contribution in [3.8, 4) is 5.75 Å². The fourth-order valence-electron chi connectivity index (χ4n) is 1.69. The Balaban J connectivity index is 2.33. The third-order valence-electron chi connectivity index (χ3n) is 2.45. The second kappa shape index (κ2) is 3.84. The normalized spacial score (nSPS) is 17.8. The summed E-state index contributed by atoms with van der Waals surface area (Å²) in [6.07, 6.45) is -0.708. The third kappa shape index (κ3) is 1.60. The summed E-state index contributed by atoms with van der Waals surface area (Å²) in [7, 11) is 1.27. The average Bonchev–Trinajstić information content (AvgIpc) is 2.57. The first-order valence-electron chi connectivity index (χ1n) is 4.73. The Morgan fingerprint density at radius 3 is 3.00 bits per heavy atom. The Morgan fingerprint density at radius 2 is 2.31 bits per heavy atom.